The molecule has 5 nitrogen and oxygen atoms in total. The first kappa shape index (κ1) is 14.5. The molecule has 1 aromatic heterocycles. The van der Waals surface area contributed by atoms with E-state index in [9.17, 15) is 0 Å². The first-order valence-corrected chi connectivity index (χ1v) is 7.35. The van der Waals surface area contributed by atoms with Gasteiger partial charge in [0, 0.05) is 24.4 Å². The fourth-order valence-corrected chi connectivity index (χ4v) is 2.85. The van der Waals surface area contributed by atoms with Crippen LogP contribution in [0.2, 0.25) is 0 Å². The van der Waals surface area contributed by atoms with Crippen molar-refractivity contribution in [2.24, 2.45) is 5.92 Å². The van der Waals surface area contributed by atoms with Crippen LogP contribution in [-0.4, -0.2) is 40.1 Å². The first-order chi connectivity index (χ1) is 9.11. The molecule has 0 spiro atoms. The monoisotopic (exact) mass is 266 g/mol. The van der Waals surface area contributed by atoms with Gasteiger partial charge in [0.2, 0.25) is 0 Å². The molecule has 1 aliphatic rings. The van der Waals surface area contributed by atoms with Gasteiger partial charge in [-0.3, -0.25) is 0 Å². The zero-order valence-corrected chi connectivity index (χ0v) is 12.5. The minimum absolute atomic E-state index is 0.360. The largest absolute Gasteiger partial charge is 0.378 e. The third-order valence-electron chi connectivity index (χ3n) is 3.80. The number of ether oxygens (including phenoxy) is 1. The molecule has 1 aliphatic heterocycles. The molecule has 1 N–H and O–H groups in total. The molecule has 108 valence electrons. The maximum Gasteiger partial charge on any atom is 0.138 e. The lowest BCUT2D eigenvalue weighted by molar-refractivity contribution is 0.116. The summed E-state index contributed by atoms with van der Waals surface area (Å²) in [5.41, 5.74) is 0. The lowest BCUT2D eigenvalue weighted by Gasteiger charge is -2.23. The predicted molar refractivity (Wildman–Crippen MR) is 75.1 cm³/mol. The van der Waals surface area contributed by atoms with E-state index in [2.05, 4.69) is 43.1 Å². The molecule has 2 rings (SSSR count). The van der Waals surface area contributed by atoms with E-state index in [0.717, 1.165) is 31.8 Å². The molecule has 0 amide bonds. The van der Waals surface area contributed by atoms with Crippen molar-refractivity contribution in [2.75, 3.05) is 13.2 Å². The summed E-state index contributed by atoms with van der Waals surface area (Å²) < 4.78 is 7.72. The number of hydrogen-bond acceptors (Lipinski definition) is 4. The van der Waals surface area contributed by atoms with Crippen LogP contribution in [0, 0.1) is 5.92 Å². The minimum Gasteiger partial charge on any atom is -0.378 e. The Balaban J connectivity index is 2.05. The predicted octanol–water partition coefficient (Wildman–Crippen LogP) is 1.80. The fraction of sp³-hybridized carbons (Fsp3) is 0.857. The maximum atomic E-state index is 5.71. The van der Waals surface area contributed by atoms with Gasteiger partial charge in [0.15, 0.2) is 0 Å². The smallest absolute Gasteiger partial charge is 0.138 e. The Hall–Kier alpha value is -0.940. The van der Waals surface area contributed by atoms with Gasteiger partial charge < -0.3 is 10.1 Å². The highest BCUT2D eigenvalue weighted by atomic mass is 16.5. The number of likely N-dealkylation sites (N-methyl/N-ethyl adjacent to an activating group) is 1. The molecule has 1 fully saturated rings. The summed E-state index contributed by atoms with van der Waals surface area (Å²) in [6.07, 6.45) is 4.10. The van der Waals surface area contributed by atoms with Crippen LogP contribution in [0.15, 0.2) is 6.33 Å². The second-order valence-corrected chi connectivity index (χ2v) is 5.72. The van der Waals surface area contributed by atoms with E-state index >= 15 is 0 Å². The molecule has 19 heavy (non-hydrogen) atoms. The van der Waals surface area contributed by atoms with Crippen LogP contribution >= 0.6 is 0 Å². The Morgan fingerprint density at radius 2 is 2.32 bits per heavy atom. The van der Waals surface area contributed by atoms with Crippen LogP contribution in [0.25, 0.3) is 0 Å². The standard InChI is InChI=1S/C14H26N4O/c1-5-15-13(12-6-11(4)19-8-12)7-14-16-9-17-18(14)10(2)3/h9-13,15H,5-8H2,1-4H3. The summed E-state index contributed by atoms with van der Waals surface area (Å²) in [7, 11) is 0. The third kappa shape index (κ3) is 3.54. The van der Waals surface area contributed by atoms with Crippen LogP contribution in [0.3, 0.4) is 0 Å². The molecule has 0 radical (unpaired) electrons. The molecule has 5 heteroatoms. The summed E-state index contributed by atoms with van der Waals surface area (Å²) in [5, 5.41) is 7.91. The molecule has 2 heterocycles. The van der Waals surface area contributed by atoms with Crippen molar-refractivity contribution in [1.82, 2.24) is 20.1 Å². The minimum atomic E-state index is 0.360. The van der Waals surface area contributed by atoms with E-state index in [-0.39, 0.29) is 0 Å². The number of nitrogens with one attached hydrogen (secondary N) is 1. The van der Waals surface area contributed by atoms with Crippen LogP contribution in [0.4, 0.5) is 0 Å². The summed E-state index contributed by atoms with van der Waals surface area (Å²) in [5.74, 6) is 1.65. The highest BCUT2D eigenvalue weighted by Crippen LogP contribution is 2.24. The van der Waals surface area contributed by atoms with Gasteiger partial charge in [0.25, 0.3) is 0 Å². The van der Waals surface area contributed by atoms with Gasteiger partial charge in [-0.15, -0.1) is 0 Å². The van der Waals surface area contributed by atoms with Crippen molar-refractivity contribution in [3.05, 3.63) is 12.2 Å². The van der Waals surface area contributed by atoms with Gasteiger partial charge in [0.1, 0.15) is 12.2 Å². The van der Waals surface area contributed by atoms with Crippen LogP contribution in [0.5, 0.6) is 0 Å². The zero-order valence-electron chi connectivity index (χ0n) is 12.5. The molecule has 0 saturated carbocycles. The Labute approximate surface area is 115 Å². The van der Waals surface area contributed by atoms with Crippen molar-refractivity contribution in [1.29, 1.82) is 0 Å². The number of rotatable bonds is 6. The second kappa shape index (κ2) is 6.48. The van der Waals surface area contributed by atoms with Gasteiger partial charge >= 0.3 is 0 Å². The molecule has 3 atom stereocenters. The number of aromatic nitrogens is 3. The lowest BCUT2D eigenvalue weighted by atomic mass is 9.94. The van der Waals surface area contributed by atoms with Crippen molar-refractivity contribution < 1.29 is 4.74 Å². The quantitative estimate of drug-likeness (QED) is 0.853. The molecule has 0 bridgehead atoms. The van der Waals surface area contributed by atoms with Crippen molar-refractivity contribution in [3.63, 3.8) is 0 Å². The van der Waals surface area contributed by atoms with Gasteiger partial charge in [-0.05, 0) is 33.7 Å². The topological polar surface area (TPSA) is 52.0 Å². The van der Waals surface area contributed by atoms with Crippen LogP contribution in [0.1, 0.15) is 46.0 Å². The lowest BCUT2D eigenvalue weighted by Crippen LogP contribution is -2.39. The number of nitrogens with zero attached hydrogens (tertiary/aromatic N) is 3. The van der Waals surface area contributed by atoms with E-state index < -0.39 is 0 Å². The summed E-state index contributed by atoms with van der Waals surface area (Å²) in [6, 6.07) is 0.787. The molecule has 1 saturated heterocycles. The van der Waals surface area contributed by atoms with Crippen molar-refractivity contribution in [3.8, 4) is 0 Å². The van der Waals surface area contributed by atoms with E-state index in [0.29, 0.717) is 24.1 Å². The van der Waals surface area contributed by atoms with Crippen molar-refractivity contribution in [2.45, 2.75) is 58.7 Å². The fourth-order valence-electron chi connectivity index (χ4n) is 2.85. The number of hydrogen-bond donors (Lipinski definition) is 1. The SMILES string of the molecule is CCNC(Cc1ncnn1C(C)C)C1COC(C)C1. The molecule has 0 aromatic carbocycles. The molecule has 0 aliphatic carbocycles. The molecular formula is C14H26N4O. The Bertz CT molecular complexity index is 391. The van der Waals surface area contributed by atoms with E-state index in [4.69, 9.17) is 4.74 Å². The highest BCUT2D eigenvalue weighted by Gasteiger charge is 2.30. The molecular weight excluding hydrogens is 240 g/mol. The molecule has 1 aromatic rings. The Morgan fingerprint density at radius 3 is 2.89 bits per heavy atom. The third-order valence-corrected chi connectivity index (χ3v) is 3.80. The Morgan fingerprint density at radius 1 is 1.53 bits per heavy atom. The maximum absolute atomic E-state index is 5.71. The van der Waals surface area contributed by atoms with Gasteiger partial charge in [-0.2, -0.15) is 5.10 Å². The van der Waals surface area contributed by atoms with Gasteiger partial charge in [0.05, 0.1) is 12.7 Å². The zero-order chi connectivity index (χ0) is 13.8. The van der Waals surface area contributed by atoms with Crippen molar-refractivity contribution >= 4 is 0 Å². The average molecular weight is 266 g/mol. The second-order valence-electron chi connectivity index (χ2n) is 5.72. The normalized spacial score (nSPS) is 25.1. The highest BCUT2D eigenvalue weighted by molar-refractivity contribution is 4.95. The van der Waals surface area contributed by atoms with E-state index in [1.807, 2.05) is 4.68 Å². The van der Waals surface area contributed by atoms with E-state index in [1.165, 1.54) is 0 Å². The van der Waals surface area contributed by atoms with Crippen LogP contribution < -0.4 is 5.32 Å². The summed E-state index contributed by atoms with van der Waals surface area (Å²) in [4.78, 5) is 4.42. The summed E-state index contributed by atoms with van der Waals surface area (Å²) >= 11 is 0. The average Bonchev–Trinajstić information content (AvgIpc) is 2.97. The molecule has 3 unspecified atom stereocenters. The van der Waals surface area contributed by atoms with Crippen LogP contribution in [-0.2, 0) is 11.2 Å². The van der Waals surface area contributed by atoms with Gasteiger partial charge in [-0.1, -0.05) is 6.92 Å². The van der Waals surface area contributed by atoms with E-state index in [1.54, 1.807) is 6.33 Å². The summed E-state index contributed by atoms with van der Waals surface area (Å²) in [6.45, 7) is 10.4. The first-order valence-electron chi connectivity index (χ1n) is 7.35. The Kier molecular flexibility index (Phi) is 4.93. The van der Waals surface area contributed by atoms with Gasteiger partial charge in [-0.25, -0.2) is 9.67 Å².